The second-order valence-corrected chi connectivity index (χ2v) is 9.70. The van der Waals surface area contributed by atoms with E-state index in [1.165, 1.54) is 21.4 Å². The smallest absolute Gasteiger partial charge is 0.225 e. The molecule has 6 heteroatoms. The van der Waals surface area contributed by atoms with E-state index in [4.69, 9.17) is 9.97 Å². The van der Waals surface area contributed by atoms with Gasteiger partial charge in [-0.1, -0.05) is 30.3 Å². The van der Waals surface area contributed by atoms with Gasteiger partial charge in [-0.2, -0.15) is 0 Å². The van der Waals surface area contributed by atoms with Crippen LogP contribution in [0.3, 0.4) is 0 Å². The van der Waals surface area contributed by atoms with Crippen molar-refractivity contribution in [2.24, 2.45) is 5.92 Å². The van der Waals surface area contributed by atoms with E-state index in [-0.39, 0.29) is 0 Å². The Morgan fingerprint density at radius 3 is 2.47 bits per heavy atom. The molecule has 1 amide bonds. The Morgan fingerprint density at radius 2 is 1.77 bits per heavy atom. The number of hydrogen-bond donors (Lipinski definition) is 0. The first kappa shape index (κ1) is 19.5. The van der Waals surface area contributed by atoms with Gasteiger partial charge in [0.05, 0.1) is 5.39 Å². The third-order valence-electron chi connectivity index (χ3n) is 6.35. The summed E-state index contributed by atoms with van der Waals surface area (Å²) < 4.78 is 0. The maximum absolute atomic E-state index is 12.4. The highest BCUT2D eigenvalue weighted by Gasteiger charge is 2.35. The van der Waals surface area contributed by atoms with Gasteiger partial charge in [-0.3, -0.25) is 4.79 Å². The van der Waals surface area contributed by atoms with E-state index in [1.54, 1.807) is 11.3 Å². The minimum Gasteiger partial charge on any atom is -0.352 e. The largest absolute Gasteiger partial charge is 0.352 e. The molecule has 1 aromatic carbocycles. The summed E-state index contributed by atoms with van der Waals surface area (Å²) in [5, 5.41) is 1.20. The van der Waals surface area contributed by atoms with Crippen LogP contribution in [0.15, 0.2) is 30.3 Å². The fourth-order valence-electron chi connectivity index (χ4n) is 4.24. The third kappa shape index (κ3) is 3.81. The van der Waals surface area contributed by atoms with E-state index >= 15 is 0 Å². The number of nitrogens with zero attached hydrogens (tertiary/aromatic N) is 4. The van der Waals surface area contributed by atoms with Crippen molar-refractivity contribution < 1.29 is 4.79 Å². The number of fused-ring (bicyclic) bond motifs is 1. The second kappa shape index (κ2) is 7.99. The summed E-state index contributed by atoms with van der Waals surface area (Å²) in [5.41, 5.74) is 2.60. The minimum atomic E-state index is 0.300. The van der Waals surface area contributed by atoms with E-state index in [1.807, 2.05) is 0 Å². The topological polar surface area (TPSA) is 49.3 Å². The number of rotatable bonds is 5. The highest BCUT2D eigenvalue weighted by atomic mass is 32.1. The first-order valence-electron chi connectivity index (χ1n) is 10.9. The predicted molar refractivity (Wildman–Crippen MR) is 122 cm³/mol. The summed E-state index contributed by atoms with van der Waals surface area (Å²) in [4.78, 5) is 29.2. The molecule has 1 saturated carbocycles. The highest BCUT2D eigenvalue weighted by Crippen LogP contribution is 2.36. The van der Waals surface area contributed by atoms with E-state index in [0.29, 0.717) is 11.8 Å². The molecular weight excluding hydrogens is 392 g/mol. The van der Waals surface area contributed by atoms with Crippen molar-refractivity contribution in [3.05, 3.63) is 52.2 Å². The average molecular weight is 421 g/mol. The lowest BCUT2D eigenvalue weighted by Gasteiger charge is -2.36. The minimum absolute atomic E-state index is 0.300. The molecule has 2 fully saturated rings. The van der Waals surface area contributed by atoms with Crippen LogP contribution >= 0.6 is 11.3 Å². The summed E-state index contributed by atoms with van der Waals surface area (Å²) >= 11 is 1.77. The summed E-state index contributed by atoms with van der Waals surface area (Å²) in [6, 6.07) is 10.5. The molecule has 3 aromatic rings. The number of aryl methyl sites for hydroxylation is 4. The van der Waals surface area contributed by atoms with Crippen molar-refractivity contribution in [3.63, 3.8) is 0 Å². The fraction of sp³-hybridized carbons (Fsp3) is 0.458. The Morgan fingerprint density at radius 1 is 1.03 bits per heavy atom. The van der Waals surface area contributed by atoms with Gasteiger partial charge in [0.2, 0.25) is 5.91 Å². The fourth-order valence-corrected chi connectivity index (χ4v) is 5.28. The molecule has 0 atom stereocenters. The molecule has 0 radical (unpaired) electrons. The molecule has 3 heterocycles. The lowest BCUT2D eigenvalue weighted by Crippen LogP contribution is -2.49. The van der Waals surface area contributed by atoms with E-state index in [9.17, 15) is 4.79 Å². The summed E-state index contributed by atoms with van der Waals surface area (Å²) in [7, 11) is 0. The maximum atomic E-state index is 12.4. The molecule has 30 heavy (non-hydrogen) atoms. The van der Waals surface area contributed by atoms with Crippen molar-refractivity contribution in [1.82, 2.24) is 14.9 Å². The van der Waals surface area contributed by atoms with Crippen molar-refractivity contribution in [2.75, 3.05) is 31.1 Å². The molecule has 0 spiro atoms. The second-order valence-electron chi connectivity index (χ2n) is 8.50. The van der Waals surface area contributed by atoms with Crippen LogP contribution in [0, 0.1) is 19.8 Å². The van der Waals surface area contributed by atoms with Gasteiger partial charge in [-0.25, -0.2) is 9.97 Å². The number of aromatic nitrogens is 2. The standard InChI is InChI=1S/C24H28N4OS/c1-16-17(2)30-23-21(16)22(25-20(26-23)11-8-18-6-4-3-5-7-18)27-12-14-28(15-13-27)24(29)19-9-10-19/h3-7,19H,8-15H2,1-2H3. The number of thiophene rings is 1. The molecule has 2 aromatic heterocycles. The Hall–Kier alpha value is -2.47. The van der Waals surface area contributed by atoms with Gasteiger partial charge in [0.15, 0.2) is 0 Å². The van der Waals surface area contributed by atoms with Gasteiger partial charge in [-0.05, 0) is 44.2 Å². The molecule has 156 valence electrons. The Balaban J connectivity index is 1.40. The number of hydrogen-bond acceptors (Lipinski definition) is 5. The zero-order valence-corrected chi connectivity index (χ0v) is 18.5. The van der Waals surface area contributed by atoms with Gasteiger partial charge >= 0.3 is 0 Å². The Bertz CT molecular complexity index is 1070. The van der Waals surface area contributed by atoms with E-state index in [2.05, 4.69) is 54.0 Å². The first-order valence-corrected chi connectivity index (χ1v) is 11.8. The number of amides is 1. The molecule has 0 bridgehead atoms. The lowest BCUT2D eigenvalue weighted by molar-refractivity contribution is -0.132. The number of benzene rings is 1. The summed E-state index contributed by atoms with van der Waals surface area (Å²) in [6.07, 6.45) is 3.93. The third-order valence-corrected chi connectivity index (χ3v) is 7.45. The normalized spacial score (nSPS) is 17.0. The molecule has 0 unspecified atom stereocenters. The van der Waals surface area contributed by atoms with Crippen LogP contribution in [-0.2, 0) is 17.6 Å². The van der Waals surface area contributed by atoms with Crippen LogP contribution < -0.4 is 4.90 Å². The van der Waals surface area contributed by atoms with Crippen LogP contribution in [0.25, 0.3) is 10.2 Å². The number of carbonyl (C=O) groups excluding carboxylic acids is 1. The Labute approximate surface area is 181 Å². The lowest BCUT2D eigenvalue weighted by atomic mass is 10.1. The van der Waals surface area contributed by atoms with Crippen LogP contribution in [0.2, 0.25) is 0 Å². The molecule has 0 N–H and O–H groups in total. The monoisotopic (exact) mass is 420 g/mol. The van der Waals surface area contributed by atoms with E-state index in [0.717, 1.165) is 68.3 Å². The molecule has 1 aliphatic carbocycles. The first-order chi connectivity index (χ1) is 14.6. The zero-order chi connectivity index (χ0) is 20.7. The molecule has 2 aliphatic rings. The van der Waals surface area contributed by atoms with Gasteiger partial charge in [0.1, 0.15) is 16.5 Å². The van der Waals surface area contributed by atoms with Gasteiger partial charge in [0, 0.05) is 43.4 Å². The molecular formula is C24H28N4OS. The van der Waals surface area contributed by atoms with Gasteiger partial charge in [0.25, 0.3) is 0 Å². The molecule has 1 aliphatic heterocycles. The zero-order valence-electron chi connectivity index (χ0n) is 17.7. The van der Waals surface area contributed by atoms with Crippen LogP contribution in [-0.4, -0.2) is 47.0 Å². The van der Waals surface area contributed by atoms with E-state index < -0.39 is 0 Å². The number of piperazine rings is 1. The molecule has 1 saturated heterocycles. The van der Waals surface area contributed by atoms with Crippen molar-refractivity contribution in [2.45, 2.75) is 39.5 Å². The molecule has 5 rings (SSSR count). The molecule has 5 nitrogen and oxygen atoms in total. The Kier molecular flexibility index (Phi) is 5.19. The average Bonchev–Trinajstić information content (AvgIpc) is 3.58. The van der Waals surface area contributed by atoms with Crippen LogP contribution in [0.1, 0.15) is 34.7 Å². The van der Waals surface area contributed by atoms with Crippen molar-refractivity contribution in [3.8, 4) is 0 Å². The maximum Gasteiger partial charge on any atom is 0.225 e. The highest BCUT2D eigenvalue weighted by molar-refractivity contribution is 7.18. The quantitative estimate of drug-likeness (QED) is 0.622. The summed E-state index contributed by atoms with van der Waals surface area (Å²) in [6.45, 7) is 7.62. The number of carbonyl (C=O) groups is 1. The predicted octanol–water partition coefficient (Wildman–Crippen LogP) is 4.15. The SMILES string of the molecule is Cc1sc2nc(CCc3ccccc3)nc(N3CCN(C(=O)C4CC4)CC3)c2c1C. The van der Waals surface area contributed by atoms with Crippen molar-refractivity contribution in [1.29, 1.82) is 0 Å². The van der Waals surface area contributed by atoms with Crippen LogP contribution in [0.4, 0.5) is 5.82 Å². The van der Waals surface area contributed by atoms with Gasteiger partial charge < -0.3 is 9.80 Å². The number of anilines is 1. The summed E-state index contributed by atoms with van der Waals surface area (Å²) in [5.74, 6) is 2.63. The van der Waals surface area contributed by atoms with Crippen molar-refractivity contribution >= 4 is 33.3 Å². The van der Waals surface area contributed by atoms with Gasteiger partial charge in [-0.15, -0.1) is 11.3 Å². The van der Waals surface area contributed by atoms with Crippen LogP contribution in [0.5, 0.6) is 0 Å².